The zero-order valence-corrected chi connectivity index (χ0v) is 15.2. The van der Waals surface area contributed by atoms with Crippen LogP contribution in [0, 0.1) is 20.8 Å². The summed E-state index contributed by atoms with van der Waals surface area (Å²) in [5.74, 6) is 0.523. The van der Waals surface area contributed by atoms with Crippen LogP contribution in [0.1, 0.15) is 28.9 Å². The van der Waals surface area contributed by atoms with Gasteiger partial charge >= 0.3 is 0 Å². The molecule has 3 N–H and O–H groups in total. The second-order valence-electron chi connectivity index (χ2n) is 5.86. The summed E-state index contributed by atoms with van der Waals surface area (Å²) in [6, 6.07) is 5.48. The van der Waals surface area contributed by atoms with E-state index in [0.717, 1.165) is 28.2 Å². The van der Waals surface area contributed by atoms with Gasteiger partial charge in [-0.15, -0.1) is 12.4 Å². The molecule has 2 aromatic heterocycles. The Kier molecular flexibility index (Phi) is 5.58. The van der Waals surface area contributed by atoms with Crippen LogP contribution in [0.15, 0.2) is 24.5 Å². The summed E-state index contributed by atoms with van der Waals surface area (Å²) >= 11 is 0. The number of amides is 1. The van der Waals surface area contributed by atoms with E-state index in [-0.39, 0.29) is 18.3 Å². The third-order valence-electron chi connectivity index (χ3n) is 4.13. The van der Waals surface area contributed by atoms with Gasteiger partial charge < -0.3 is 11.1 Å². The zero-order valence-electron chi connectivity index (χ0n) is 14.4. The lowest BCUT2D eigenvalue weighted by molar-refractivity contribution is -0.116. The number of halogens is 1. The molecule has 3 aromatic rings. The summed E-state index contributed by atoms with van der Waals surface area (Å²) in [4.78, 5) is 20.8. The number of aryl methyl sites for hydroxylation is 3. The zero-order chi connectivity index (χ0) is 17.3. The molecule has 0 spiro atoms. The first-order chi connectivity index (χ1) is 11.5. The fraction of sp³-hybridized carbons (Fsp3) is 0.294. The Hall–Kier alpha value is -2.67. The van der Waals surface area contributed by atoms with Gasteiger partial charge in [0, 0.05) is 29.2 Å². The first-order valence-electron chi connectivity index (χ1n) is 7.77. The summed E-state index contributed by atoms with van der Waals surface area (Å²) in [5.41, 5.74) is 11.0. The highest BCUT2D eigenvalue weighted by atomic mass is 35.5. The van der Waals surface area contributed by atoms with Gasteiger partial charge in [-0.3, -0.25) is 4.79 Å². The van der Waals surface area contributed by atoms with Gasteiger partial charge in [0.25, 0.3) is 5.78 Å². The Morgan fingerprint density at radius 2 is 2.04 bits per heavy atom. The second kappa shape index (κ2) is 7.48. The Bertz CT molecular complexity index is 921. The molecule has 0 aliphatic heterocycles. The number of nitrogen functional groups attached to an aromatic ring is 1. The molecule has 132 valence electrons. The Morgan fingerprint density at radius 1 is 1.28 bits per heavy atom. The average molecular weight is 361 g/mol. The van der Waals surface area contributed by atoms with Crippen molar-refractivity contribution in [3.63, 3.8) is 0 Å². The third-order valence-corrected chi connectivity index (χ3v) is 4.13. The van der Waals surface area contributed by atoms with Crippen LogP contribution in [0.2, 0.25) is 0 Å². The number of carbonyl (C=O) groups excluding carboxylic acids is 1. The summed E-state index contributed by atoms with van der Waals surface area (Å²) in [6.45, 7) is 5.83. The quantitative estimate of drug-likeness (QED) is 0.697. The van der Waals surface area contributed by atoms with Gasteiger partial charge in [0.15, 0.2) is 0 Å². The van der Waals surface area contributed by atoms with Crippen LogP contribution >= 0.6 is 12.4 Å². The maximum atomic E-state index is 12.3. The van der Waals surface area contributed by atoms with Gasteiger partial charge in [-0.05, 0) is 50.5 Å². The van der Waals surface area contributed by atoms with Gasteiger partial charge in [-0.2, -0.15) is 10.1 Å². The number of nitrogens with two attached hydrogens (primary N) is 1. The predicted molar refractivity (Wildman–Crippen MR) is 100 cm³/mol. The Labute approximate surface area is 152 Å². The molecular weight excluding hydrogens is 340 g/mol. The number of nitrogens with zero attached hydrogens (tertiary/aromatic N) is 4. The fourth-order valence-electron chi connectivity index (χ4n) is 2.74. The SMILES string of the molecule is Cc1ccc(N)cc1NC(=O)CCc1c(C)nc2ncnn2c1C.Cl. The van der Waals surface area contributed by atoms with E-state index in [1.165, 1.54) is 6.33 Å². The third kappa shape index (κ3) is 3.88. The summed E-state index contributed by atoms with van der Waals surface area (Å²) in [7, 11) is 0. The van der Waals surface area contributed by atoms with Gasteiger partial charge in [-0.1, -0.05) is 6.07 Å². The number of benzene rings is 1. The molecule has 7 nitrogen and oxygen atoms in total. The van der Waals surface area contributed by atoms with Crippen molar-refractivity contribution >= 4 is 35.5 Å². The molecule has 0 fully saturated rings. The van der Waals surface area contributed by atoms with Gasteiger partial charge in [0.1, 0.15) is 6.33 Å². The molecule has 0 atom stereocenters. The van der Waals surface area contributed by atoms with E-state index in [2.05, 4.69) is 20.4 Å². The van der Waals surface area contributed by atoms with Crippen molar-refractivity contribution in [1.29, 1.82) is 0 Å². The van der Waals surface area contributed by atoms with Crippen LogP contribution in [0.4, 0.5) is 11.4 Å². The number of hydrogen-bond donors (Lipinski definition) is 2. The maximum Gasteiger partial charge on any atom is 0.252 e. The number of fused-ring (bicyclic) bond motifs is 1. The molecule has 2 heterocycles. The summed E-state index contributed by atoms with van der Waals surface area (Å²) in [5, 5.41) is 7.08. The fourth-order valence-corrected chi connectivity index (χ4v) is 2.74. The van der Waals surface area contributed by atoms with E-state index in [1.54, 1.807) is 10.6 Å². The molecule has 0 aliphatic rings. The monoisotopic (exact) mass is 360 g/mol. The molecule has 0 saturated heterocycles. The molecule has 0 saturated carbocycles. The van der Waals surface area contributed by atoms with E-state index in [0.29, 0.717) is 24.3 Å². The van der Waals surface area contributed by atoms with Crippen LogP contribution in [0.5, 0.6) is 0 Å². The summed E-state index contributed by atoms with van der Waals surface area (Å²) < 4.78 is 1.70. The van der Waals surface area contributed by atoms with E-state index in [4.69, 9.17) is 5.73 Å². The maximum absolute atomic E-state index is 12.3. The lowest BCUT2D eigenvalue weighted by Crippen LogP contribution is -2.15. The van der Waals surface area contributed by atoms with Gasteiger partial charge in [-0.25, -0.2) is 9.50 Å². The number of rotatable bonds is 4. The van der Waals surface area contributed by atoms with Crippen molar-refractivity contribution in [2.45, 2.75) is 33.6 Å². The van der Waals surface area contributed by atoms with Crippen molar-refractivity contribution in [1.82, 2.24) is 19.6 Å². The minimum atomic E-state index is -0.0545. The lowest BCUT2D eigenvalue weighted by Gasteiger charge is -2.12. The number of aromatic nitrogens is 4. The lowest BCUT2D eigenvalue weighted by atomic mass is 10.1. The minimum absolute atomic E-state index is 0. The first kappa shape index (κ1) is 18.7. The Balaban J connectivity index is 0.00000225. The Morgan fingerprint density at radius 3 is 2.80 bits per heavy atom. The topological polar surface area (TPSA) is 98.2 Å². The van der Waals surface area contributed by atoms with Gasteiger partial charge in [0.05, 0.1) is 0 Å². The number of anilines is 2. The molecule has 3 rings (SSSR count). The standard InChI is InChI=1S/C17H20N6O.ClH/c1-10-4-5-13(18)8-15(10)22-16(24)7-6-14-11(2)21-17-19-9-20-23(17)12(14)3;/h4-5,8-9H,6-7,18H2,1-3H3,(H,22,24);1H. The highest BCUT2D eigenvalue weighted by Crippen LogP contribution is 2.19. The number of hydrogen-bond acceptors (Lipinski definition) is 5. The average Bonchev–Trinajstić information content (AvgIpc) is 2.99. The van der Waals surface area contributed by atoms with Crippen molar-refractivity contribution in [3.05, 3.63) is 47.0 Å². The van der Waals surface area contributed by atoms with E-state index >= 15 is 0 Å². The molecule has 0 unspecified atom stereocenters. The van der Waals surface area contributed by atoms with Crippen molar-refractivity contribution in [2.24, 2.45) is 0 Å². The molecule has 1 amide bonds. The molecule has 0 aliphatic carbocycles. The second-order valence-corrected chi connectivity index (χ2v) is 5.86. The highest BCUT2D eigenvalue weighted by Gasteiger charge is 2.13. The smallest absolute Gasteiger partial charge is 0.252 e. The van der Waals surface area contributed by atoms with Crippen LogP contribution in [-0.4, -0.2) is 25.5 Å². The van der Waals surface area contributed by atoms with E-state index < -0.39 is 0 Å². The van der Waals surface area contributed by atoms with Crippen molar-refractivity contribution < 1.29 is 4.79 Å². The molecule has 8 heteroatoms. The normalized spacial score (nSPS) is 10.5. The van der Waals surface area contributed by atoms with Crippen molar-refractivity contribution in [2.75, 3.05) is 11.1 Å². The molecule has 25 heavy (non-hydrogen) atoms. The molecular formula is C17H21ClN6O. The molecule has 0 radical (unpaired) electrons. The van der Waals surface area contributed by atoms with Crippen molar-refractivity contribution in [3.8, 4) is 0 Å². The number of carbonyl (C=O) groups is 1. The largest absolute Gasteiger partial charge is 0.399 e. The number of nitrogens with one attached hydrogen (secondary N) is 1. The predicted octanol–water partition coefficient (Wildman–Crippen LogP) is 2.62. The van der Waals surface area contributed by atoms with Crippen LogP contribution in [0.3, 0.4) is 0 Å². The van der Waals surface area contributed by atoms with Crippen LogP contribution < -0.4 is 11.1 Å². The minimum Gasteiger partial charge on any atom is -0.399 e. The first-order valence-corrected chi connectivity index (χ1v) is 7.77. The molecule has 1 aromatic carbocycles. The molecule has 0 bridgehead atoms. The van der Waals surface area contributed by atoms with E-state index in [1.807, 2.05) is 32.9 Å². The van der Waals surface area contributed by atoms with Gasteiger partial charge in [0.2, 0.25) is 5.91 Å². The van der Waals surface area contributed by atoms with Crippen LogP contribution in [-0.2, 0) is 11.2 Å². The van der Waals surface area contributed by atoms with Crippen LogP contribution in [0.25, 0.3) is 5.78 Å². The summed E-state index contributed by atoms with van der Waals surface area (Å²) in [6.07, 6.45) is 2.43. The highest BCUT2D eigenvalue weighted by molar-refractivity contribution is 5.92. The van der Waals surface area contributed by atoms with E-state index in [9.17, 15) is 4.79 Å².